The topological polar surface area (TPSA) is 76.3 Å². The van der Waals surface area contributed by atoms with Gasteiger partial charge in [0.2, 0.25) is 11.8 Å². The molecule has 19 heavy (non-hydrogen) atoms. The number of carbonyl (C=O) groups is 2. The van der Waals surface area contributed by atoms with Gasteiger partial charge in [-0.15, -0.1) is 11.3 Å². The van der Waals surface area contributed by atoms with Gasteiger partial charge in [0.05, 0.1) is 18.2 Å². The van der Waals surface area contributed by atoms with Crippen molar-refractivity contribution in [1.29, 1.82) is 0 Å². The van der Waals surface area contributed by atoms with Crippen LogP contribution in [0.5, 0.6) is 0 Å². The number of nitrogens with zero attached hydrogens (tertiary/aromatic N) is 2. The molecule has 1 aromatic heterocycles. The number of aromatic nitrogens is 1. The van der Waals surface area contributed by atoms with Gasteiger partial charge in [-0.3, -0.25) is 9.59 Å². The molecule has 1 aliphatic heterocycles. The Kier molecular flexibility index (Phi) is 3.26. The van der Waals surface area contributed by atoms with Crippen molar-refractivity contribution >= 4 is 23.2 Å². The van der Waals surface area contributed by atoms with Crippen molar-refractivity contribution in [3.05, 3.63) is 15.6 Å². The lowest BCUT2D eigenvalue weighted by Gasteiger charge is -2.13. The second-order valence-corrected chi connectivity index (χ2v) is 6.43. The monoisotopic (exact) mass is 279 g/mol. The average molecular weight is 279 g/mol. The highest BCUT2D eigenvalue weighted by atomic mass is 32.1. The molecule has 0 spiro atoms. The Hall–Kier alpha value is -1.43. The van der Waals surface area contributed by atoms with Crippen LogP contribution in [-0.2, 0) is 29.0 Å². The summed E-state index contributed by atoms with van der Waals surface area (Å²) in [6.45, 7) is 0.971. The molecule has 5 nitrogen and oxygen atoms in total. The van der Waals surface area contributed by atoms with E-state index in [2.05, 4.69) is 4.98 Å². The number of rotatable bonds is 3. The Balaban J connectivity index is 1.70. The fraction of sp³-hybridized carbons (Fsp3) is 0.615. The minimum atomic E-state index is -0.380. The zero-order valence-electron chi connectivity index (χ0n) is 10.7. The predicted molar refractivity (Wildman–Crippen MR) is 71.5 cm³/mol. The fourth-order valence-corrected chi connectivity index (χ4v) is 3.92. The number of fused-ring (bicyclic) bond motifs is 1. The van der Waals surface area contributed by atoms with Crippen LogP contribution in [0.4, 0.5) is 0 Å². The lowest BCUT2D eigenvalue weighted by atomic mass is 10.0. The molecule has 1 fully saturated rings. The Morgan fingerprint density at radius 3 is 2.89 bits per heavy atom. The molecule has 1 unspecified atom stereocenters. The van der Waals surface area contributed by atoms with E-state index >= 15 is 0 Å². The molecule has 2 heterocycles. The minimum absolute atomic E-state index is 0.0111. The Morgan fingerprint density at radius 2 is 2.21 bits per heavy atom. The third kappa shape index (κ3) is 2.49. The van der Waals surface area contributed by atoms with Crippen LogP contribution in [0.2, 0.25) is 0 Å². The summed E-state index contributed by atoms with van der Waals surface area (Å²) in [5, 5.41) is 0.991. The molecule has 2 aliphatic rings. The van der Waals surface area contributed by atoms with Crippen LogP contribution in [0.3, 0.4) is 0 Å². The summed E-state index contributed by atoms with van der Waals surface area (Å²) in [6, 6.07) is 0. The molecule has 1 aromatic rings. The third-order valence-corrected chi connectivity index (χ3v) is 4.98. The van der Waals surface area contributed by atoms with Crippen molar-refractivity contribution in [3.63, 3.8) is 0 Å². The summed E-state index contributed by atoms with van der Waals surface area (Å²) in [5.41, 5.74) is 6.48. The van der Waals surface area contributed by atoms with Gasteiger partial charge >= 0.3 is 0 Å². The molecule has 3 rings (SSSR count). The maximum absolute atomic E-state index is 11.8. The molecular weight excluding hydrogens is 262 g/mol. The molecule has 0 bridgehead atoms. The number of aryl methyl sites for hydroxylation is 2. The van der Waals surface area contributed by atoms with Crippen molar-refractivity contribution < 1.29 is 9.59 Å². The summed E-state index contributed by atoms with van der Waals surface area (Å²) in [4.78, 5) is 30.7. The highest BCUT2D eigenvalue weighted by Crippen LogP contribution is 2.28. The van der Waals surface area contributed by atoms with E-state index in [1.54, 1.807) is 16.2 Å². The van der Waals surface area contributed by atoms with Crippen LogP contribution in [0, 0.1) is 5.92 Å². The number of carbonyl (C=O) groups excluding carboxylic acids is 2. The minimum Gasteiger partial charge on any atom is -0.369 e. The molecule has 0 radical (unpaired) electrons. The summed E-state index contributed by atoms with van der Waals surface area (Å²) >= 11 is 1.71. The summed E-state index contributed by atoms with van der Waals surface area (Å²) in [7, 11) is 0. The first-order chi connectivity index (χ1) is 9.13. The van der Waals surface area contributed by atoms with Crippen LogP contribution in [0.15, 0.2) is 0 Å². The van der Waals surface area contributed by atoms with Crippen molar-refractivity contribution in [3.8, 4) is 0 Å². The van der Waals surface area contributed by atoms with Gasteiger partial charge in [-0.1, -0.05) is 0 Å². The lowest BCUT2D eigenvalue weighted by Crippen LogP contribution is -2.28. The van der Waals surface area contributed by atoms with E-state index in [-0.39, 0.29) is 24.2 Å². The van der Waals surface area contributed by atoms with Crippen LogP contribution in [0.25, 0.3) is 0 Å². The molecule has 2 N–H and O–H groups in total. The zero-order valence-corrected chi connectivity index (χ0v) is 11.5. The summed E-state index contributed by atoms with van der Waals surface area (Å²) in [6.07, 6.45) is 4.87. The van der Waals surface area contributed by atoms with Crippen LogP contribution in [0.1, 0.15) is 34.8 Å². The maximum atomic E-state index is 11.8. The second-order valence-electron chi connectivity index (χ2n) is 5.26. The van der Waals surface area contributed by atoms with Gasteiger partial charge in [-0.2, -0.15) is 0 Å². The third-order valence-electron chi connectivity index (χ3n) is 3.83. The SMILES string of the molecule is NC(=O)C1CC(=O)N(Cc2nc3c(s2)CCCC3)C1. The van der Waals surface area contributed by atoms with E-state index in [9.17, 15) is 9.59 Å². The van der Waals surface area contributed by atoms with E-state index in [0.29, 0.717) is 13.1 Å². The largest absolute Gasteiger partial charge is 0.369 e. The molecule has 0 aromatic carbocycles. The molecule has 0 saturated carbocycles. The quantitative estimate of drug-likeness (QED) is 0.891. The van der Waals surface area contributed by atoms with E-state index < -0.39 is 0 Å². The first kappa shape index (κ1) is 12.6. The van der Waals surface area contributed by atoms with Gasteiger partial charge in [0, 0.05) is 17.8 Å². The van der Waals surface area contributed by atoms with Gasteiger partial charge in [0.25, 0.3) is 0 Å². The number of hydrogen-bond acceptors (Lipinski definition) is 4. The maximum Gasteiger partial charge on any atom is 0.223 e. The average Bonchev–Trinajstić information content (AvgIpc) is 2.93. The normalized spacial score (nSPS) is 22.6. The molecule has 1 atom stereocenters. The number of amides is 2. The van der Waals surface area contributed by atoms with Crippen molar-refractivity contribution in [2.45, 2.75) is 38.6 Å². The zero-order chi connectivity index (χ0) is 13.4. The van der Waals surface area contributed by atoms with E-state index in [0.717, 1.165) is 17.8 Å². The predicted octanol–water partition coefficient (Wildman–Crippen LogP) is 0.856. The smallest absolute Gasteiger partial charge is 0.223 e. The first-order valence-corrected chi connectivity index (χ1v) is 7.49. The Bertz CT molecular complexity index is 502. The van der Waals surface area contributed by atoms with Gasteiger partial charge in [0.1, 0.15) is 5.01 Å². The molecule has 1 saturated heterocycles. The first-order valence-electron chi connectivity index (χ1n) is 6.68. The van der Waals surface area contributed by atoms with Crippen LogP contribution in [-0.4, -0.2) is 28.2 Å². The van der Waals surface area contributed by atoms with E-state index in [1.807, 2.05) is 0 Å². The van der Waals surface area contributed by atoms with Gasteiger partial charge in [-0.05, 0) is 25.7 Å². The van der Waals surface area contributed by atoms with Crippen molar-refractivity contribution in [2.24, 2.45) is 11.7 Å². The van der Waals surface area contributed by atoms with Gasteiger partial charge in [0.15, 0.2) is 0 Å². The van der Waals surface area contributed by atoms with Crippen LogP contribution >= 0.6 is 11.3 Å². The number of hydrogen-bond donors (Lipinski definition) is 1. The number of nitrogens with two attached hydrogens (primary N) is 1. The van der Waals surface area contributed by atoms with Gasteiger partial charge < -0.3 is 10.6 Å². The summed E-state index contributed by atoms with van der Waals surface area (Å²) in [5.74, 6) is -0.701. The molecule has 6 heteroatoms. The molecule has 2 amide bonds. The Morgan fingerprint density at radius 1 is 1.42 bits per heavy atom. The van der Waals surface area contributed by atoms with E-state index in [4.69, 9.17) is 5.73 Å². The lowest BCUT2D eigenvalue weighted by molar-refractivity contribution is -0.128. The van der Waals surface area contributed by atoms with E-state index in [1.165, 1.54) is 23.4 Å². The Labute approximate surface area is 115 Å². The van der Waals surface area contributed by atoms with Gasteiger partial charge in [-0.25, -0.2) is 4.98 Å². The second kappa shape index (κ2) is 4.92. The highest BCUT2D eigenvalue weighted by molar-refractivity contribution is 7.11. The number of primary amides is 1. The highest BCUT2D eigenvalue weighted by Gasteiger charge is 2.33. The number of likely N-dealkylation sites (tertiary alicyclic amines) is 1. The molecular formula is C13H17N3O2S. The molecule has 102 valence electrons. The fourth-order valence-electron chi connectivity index (χ4n) is 2.75. The van der Waals surface area contributed by atoms with Crippen molar-refractivity contribution in [1.82, 2.24) is 9.88 Å². The van der Waals surface area contributed by atoms with Crippen molar-refractivity contribution in [2.75, 3.05) is 6.54 Å². The standard InChI is InChI=1S/C13H17N3O2S/c14-13(18)8-5-12(17)16(6-8)7-11-15-9-3-1-2-4-10(9)19-11/h8H,1-7H2,(H2,14,18). The van der Waals surface area contributed by atoms with Crippen LogP contribution < -0.4 is 5.73 Å². The summed E-state index contributed by atoms with van der Waals surface area (Å²) < 4.78 is 0. The number of thiazole rings is 1. The molecule has 1 aliphatic carbocycles.